The van der Waals surface area contributed by atoms with Crippen LogP contribution in [0.3, 0.4) is 0 Å². The van der Waals surface area contributed by atoms with Crippen molar-refractivity contribution in [2.45, 2.75) is 51.2 Å². The first-order chi connectivity index (χ1) is 11.5. The summed E-state index contributed by atoms with van der Waals surface area (Å²) in [7, 11) is 1.77. The van der Waals surface area contributed by atoms with E-state index in [1.165, 1.54) is 0 Å². The van der Waals surface area contributed by atoms with E-state index in [-0.39, 0.29) is 18.0 Å². The number of hydrogen-bond donors (Lipinski definition) is 0. The van der Waals surface area contributed by atoms with Crippen LogP contribution in [0, 0.1) is 0 Å². The van der Waals surface area contributed by atoms with Gasteiger partial charge in [-0.15, -0.1) is 0 Å². The molecule has 2 aliphatic heterocycles. The lowest BCUT2D eigenvalue weighted by Gasteiger charge is -2.37. The molecule has 24 heavy (non-hydrogen) atoms. The van der Waals surface area contributed by atoms with Gasteiger partial charge in [-0.05, 0) is 19.4 Å². The molecule has 1 aromatic heterocycles. The zero-order valence-electron chi connectivity index (χ0n) is 14.7. The summed E-state index contributed by atoms with van der Waals surface area (Å²) >= 11 is 0. The highest BCUT2D eigenvalue weighted by molar-refractivity contribution is 5.92. The van der Waals surface area contributed by atoms with Crippen LogP contribution < -0.4 is 0 Å². The molecule has 7 nitrogen and oxygen atoms in total. The third kappa shape index (κ3) is 2.99. The number of carbonyl (C=O) groups is 2. The SMILES string of the molecule is CCC[C@@H](C)N1CC2(CCN(C(=O)c3ccnn3C)CC2)OC1=O. The van der Waals surface area contributed by atoms with Crippen molar-refractivity contribution in [3.8, 4) is 0 Å². The minimum absolute atomic E-state index is 0.00891. The molecule has 0 saturated carbocycles. The number of aryl methyl sites for hydroxylation is 1. The summed E-state index contributed by atoms with van der Waals surface area (Å²) in [4.78, 5) is 28.5. The maximum absolute atomic E-state index is 12.6. The molecule has 0 unspecified atom stereocenters. The highest BCUT2D eigenvalue weighted by atomic mass is 16.6. The number of rotatable bonds is 4. The molecule has 2 saturated heterocycles. The third-order valence-electron chi connectivity index (χ3n) is 5.24. The van der Waals surface area contributed by atoms with Crippen LogP contribution in [0.4, 0.5) is 4.79 Å². The van der Waals surface area contributed by atoms with Gasteiger partial charge in [0.05, 0.1) is 6.54 Å². The van der Waals surface area contributed by atoms with Gasteiger partial charge in [-0.3, -0.25) is 9.48 Å². The van der Waals surface area contributed by atoms with Crippen molar-refractivity contribution in [1.29, 1.82) is 0 Å². The summed E-state index contributed by atoms with van der Waals surface area (Å²) in [6.07, 6.45) is 4.84. The Morgan fingerprint density at radius 1 is 1.42 bits per heavy atom. The number of hydrogen-bond acceptors (Lipinski definition) is 4. The molecular weight excluding hydrogens is 308 g/mol. The molecule has 1 spiro atoms. The second kappa shape index (κ2) is 6.45. The Morgan fingerprint density at radius 2 is 2.12 bits per heavy atom. The Balaban J connectivity index is 1.62. The number of ether oxygens (including phenoxy) is 1. The van der Waals surface area contributed by atoms with Crippen LogP contribution in [0.15, 0.2) is 12.3 Å². The molecular formula is C17H26N4O3. The van der Waals surface area contributed by atoms with Crippen molar-refractivity contribution < 1.29 is 14.3 Å². The van der Waals surface area contributed by atoms with E-state index >= 15 is 0 Å². The van der Waals surface area contributed by atoms with Gasteiger partial charge in [0, 0.05) is 45.2 Å². The number of piperidine rings is 1. The number of carbonyl (C=O) groups excluding carboxylic acids is 2. The molecule has 2 amide bonds. The zero-order valence-corrected chi connectivity index (χ0v) is 14.7. The number of likely N-dealkylation sites (tertiary alicyclic amines) is 1. The zero-order chi connectivity index (χ0) is 17.3. The van der Waals surface area contributed by atoms with E-state index in [1.807, 2.05) is 9.80 Å². The number of nitrogens with zero attached hydrogens (tertiary/aromatic N) is 4. The average Bonchev–Trinajstić information content (AvgIpc) is 3.11. The molecule has 3 rings (SSSR count). The van der Waals surface area contributed by atoms with Crippen LogP contribution in [-0.2, 0) is 11.8 Å². The van der Waals surface area contributed by atoms with Crippen molar-refractivity contribution in [3.05, 3.63) is 18.0 Å². The van der Waals surface area contributed by atoms with Gasteiger partial charge in [0.2, 0.25) is 0 Å². The van der Waals surface area contributed by atoms with Crippen molar-refractivity contribution >= 4 is 12.0 Å². The summed E-state index contributed by atoms with van der Waals surface area (Å²) < 4.78 is 7.34. The summed E-state index contributed by atoms with van der Waals surface area (Å²) in [5.41, 5.74) is 0.162. The summed E-state index contributed by atoms with van der Waals surface area (Å²) in [5.74, 6) is -0.00891. The van der Waals surface area contributed by atoms with Gasteiger partial charge in [-0.2, -0.15) is 5.10 Å². The standard InChI is InChI=1S/C17H26N4O3/c1-4-5-13(2)21-12-17(24-16(21)23)7-10-20(11-8-17)15(22)14-6-9-18-19(14)3/h6,9,13H,4-5,7-8,10-12H2,1-3H3/t13-/m1/s1. The van der Waals surface area contributed by atoms with Crippen LogP contribution in [0.25, 0.3) is 0 Å². The van der Waals surface area contributed by atoms with Crippen molar-refractivity contribution in [3.63, 3.8) is 0 Å². The largest absolute Gasteiger partial charge is 0.441 e. The maximum atomic E-state index is 12.6. The normalized spacial score (nSPS) is 21.2. The van der Waals surface area contributed by atoms with Crippen molar-refractivity contribution in [1.82, 2.24) is 19.6 Å². The van der Waals surface area contributed by atoms with E-state index in [9.17, 15) is 9.59 Å². The van der Waals surface area contributed by atoms with E-state index in [1.54, 1.807) is 24.0 Å². The Labute approximate surface area is 142 Å². The van der Waals surface area contributed by atoms with Gasteiger partial charge in [0.25, 0.3) is 5.91 Å². The van der Waals surface area contributed by atoms with Crippen LogP contribution in [0.1, 0.15) is 50.0 Å². The highest BCUT2D eigenvalue weighted by Crippen LogP contribution is 2.35. The molecule has 0 aliphatic carbocycles. The Kier molecular flexibility index (Phi) is 4.51. The molecule has 0 N–H and O–H groups in total. The Bertz CT molecular complexity index is 619. The fourth-order valence-corrected chi connectivity index (χ4v) is 3.68. The lowest BCUT2D eigenvalue weighted by molar-refractivity contribution is 0.00277. The number of aromatic nitrogens is 2. The molecule has 3 heterocycles. The van der Waals surface area contributed by atoms with Crippen LogP contribution in [0.2, 0.25) is 0 Å². The predicted molar refractivity (Wildman–Crippen MR) is 88.6 cm³/mol. The van der Waals surface area contributed by atoms with Gasteiger partial charge in [0.1, 0.15) is 11.3 Å². The van der Waals surface area contributed by atoms with Crippen molar-refractivity contribution in [2.24, 2.45) is 7.05 Å². The molecule has 2 fully saturated rings. The summed E-state index contributed by atoms with van der Waals surface area (Å²) in [6, 6.07) is 1.94. The lowest BCUT2D eigenvalue weighted by atomic mass is 9.90. The predicted octanol–water partition coefficient (Wildman–Crippen LogP) is 2.04. The summed E-state index contributed by atoms with van der Waals surface area (Å²) in [6.45, 7) is 6.04. The first kappa shape index (κ1) is 16.8. The van der Waals surface area contributed by atoms with E-state index in [4.69, 9.17) is 4.74 Å². The molecule has 0 bridgehead atoms. The first-order valence-corrected chi connectivity index (χ1v) is 8.72. The quantitative estimate of drug-likeness (QED) is 0.845. The topological polar surface area (TPSA) is 67.7 Å². The van der Waals surface area contributed by atoms with Gasteiger partial charge >= 0.3 is 6.09 Å². The van der Waals surface area contributed by atoms with Crippen LogP contribution in [-0.4, -0.2) is 62.9 Å². The van der Waals surface area contributed by atoms with E-state index < -0.39 is 5.60 Å². The fraction of sp³-hybridized carbons (Fsp3) is 0.706. The van der Waals surface area contributed by atoms with Gasteiger partial charge in [-0.1, -0.05) is 13.3 Å². The minimum atomic E-state index is -0.428. The average molecular weight is 334 g/mol. The maximum Gasteiger partial charge on any atom is 0.410 e. The van der Waals surface area contributed by atoms with Crippen LogP contribution >= 0.6 is 0 Å². The molecule has 1 aromatic rings. The van der Waals surface area contributed by atoms with Gasteiger partial charge in [-0.25, -0.2) is 4.79 Å². The lowest BCUT2D eigenvalue weighted by Crippen LogP contribution is -2.49. The number of amides is 2. The minimum Gasteiger partial charge on any atom is -0.441 e. The first-order valence-electron chi connectivity index (χ1n) is 8.72. The molecule has 2 aliphatic rings. The molecule has 132 valence electrons. The highest BCUT2D eigenvalue weighted by Gasteiger charge is 2.48. The second-order valence-electron chi connectivity index (χ2n) is 6.95. The smallest absolute Gasteiger partial charge is 0.410 e. The van der Waals surface area contributed by atoms with E-state index in [2.05, 4.69) is 18.9 Å². The van der Waals surface area contributed by atoms with E-state index in [0.717, 1.165) is 12.8 Å². The van der Waals surface area contributed by atoms with E-state index in [0.29, 0.717) is 38.2 Å². The van der Waals surface area contributed by atoms with Crippen molar-refractivity contribution in [2.75, 3.05) is 19.6 Å². The van der Waals surface area contributed by atoms with Gasteiger partial charge < -0.3 is 14.5 Å². The second-order valence-corrected chi connectivity index (χ2v) is 6.95. The fourth-order valence-electron chi connectivity index (χ4n) is 3.68. The van der Waals surface area contributed by atoms with Gasteiger partial charge in [0.15, 0.2) is 0 Å². The summed E-state index contributed by atoms with van der Waals surface area (Å²) in [5, 5.41) is 4.05. The molecule has 1 atom stereocenters. The Hall–Kier alpha value is -2.05. The Morgan fingerprint density at radius 3 is 2.71 bits per heavy atom. The molecule has 7 heteroatoms. The molecule has 0 aromatic carbocycles. The monoisotopic (exact) mass is 334 g/mol. The third-order valence-corrected chi connectivity index (χ3v) is 5.24. The molecule has 0 radical (unpaired) electrons. The van der Waals surface area contributed by atoms with Crippen LogP contribution in [0.5, 0.6) is 0 Å².